The summed E-state index contributed by atoms with van der Waals surface area (Å²) in [6.45, 7) is -0.505. The van der Waals surface area contributed by atoms with Crippen LogP contribution in [0, 0.1) is 0 Å². The molecule has 16 heavy (non-hydrogen) atoms. The number of aromatic carboxylic acids is 1. The number of hydrogen-bond donors (Lipinski definition) is 4. The number of hydrogen-bond acceptors (Lipinski definition) is 5. The molecule has 0 saturated heterocycles. The fraction of sp³-hybridized carbons (Fsp3) is 0.222. The predicted octanol–water partition coefficient (Wildman–Crippen LogP) is -0.830. The number of rotatable bonds is 3. The van der Waals surface area contributed by atoms with Gasteiger partial charge in [0, 0.05) is 12.4 Å². The van der Waals surface area contributed by atoms with Crippen LogP contribution in [0.3, 0.4) is 0 Å². The van der Waals surface area contributed by atoms with Gasteiger partial charge in [-0.25, -0.2) is 4.79 Å². The molecule has 1 rings (SSSR count). The summed E-state index contributed by atoms with van der Waals surface area (Å²) in [5.41, 5.74) is 4.99. The highest BCUT2D eigenvalue weighted by atomic mass is 16.4. The second-order valence-electron chi connectivity index (χ2n) is 2.67. The van der Waals surface area contributed by atoms with Crippen molar-refractivity contribution in [1.82, 2.24) is 4.98 Å². The van der Waals surface area contributed by atoms with Crippen molar-refractivity contribution in [3.8, 4) is 0 Å². The van der Waals surface area contributed by atoms with E-state index in [-0.39, 0.29) is 5.56 Å². The zero-order valence-electron chi connectivity index (χ0n) is 8.28. The van der Waals surface area contributed by atoms with Crippen LogP contribution in [0.2, 0.25) is 0 Å². The molecule has 0 amide bonds. The summed E-state index contributed by atoms with van der Waals surface area (Å²) >= 11 is 0. The SMILES string of the molecule is NC(CO)C(=O)O.O=C(O)c1cccnc1. The van der Waals surface area contributed by atoms with Gasteiger partial charge in [0.15, 0.2) is 0 Å². The van der Waals surface area contributed by atoms with Gasteiger partial charge in [-0.1, -0.05) is 0 Å². The summed E-state index contributed by atoms with van der Waals surface area (Å²) in [4.78, 5) is 23.4. The minimum Gasteiger partial charge on any atom is -0.480 e. The van der Waals surface area contributed by atoms with E-state index in [0.717, 1.165) is 0 Å². The first kappa shape index (κ1) is 14.0. The molecular formula is C9H12N2O5. The van der Waals surface area contributed by atoms with Gasteiger partial charge in [-0.2, -0.15) is 0 Å². The average molecular weight is 228 g/mol. The van der Waals surface area contributed by atoms with E-state index < -0.39 is 24.6 Å². The predicted molar refractivity (Wildman–Crippen MR) is 53.9 cm³/mol. The first-order valence-corrected chi connectivity index (χ1v) is 4.21. The minimum absolute atomic E-state index is 0.220. The minimum atomic E-state index is -1.18. The Morgan fingerprint density at radius 3 is 2.25 bits per heavy atom. The molecule has 5 N–H and O–H groups in total. The lowest BCUT2D eigenvalue weighted by Crippen LogP contribution is -2.33. The van der Waals surface area contributed by atoms with Crippen molar-refractivity contribution in [1.29, 1.82) is 0 Å². The van der Waals surface area contributed by atoms with Crippen molar-refractivity contribution < 1.29 is 24.9 Å². The third-order valence-electron chi connectivity index (χ3n) is 1.42. The van der Waals surface area contributed by atoms with Gasteiger partial charge < -0.3 is 21.1 Å². The molecule has 7 heteroatoms. The molecule has 1 aromatic heterocycles. The van der Waals surface area contributed by atoms with E-state index in [4.69, 9.17) is 21.1 Å². The van der Waals surface area contributed by atoms with Crippen LogP contribution < -0.4 is 5.73 Å². The molecule has 7 nitrogen and oxygen atoms in total. The highest BCUT2D eigenvalue weighted by molar-refractivity contribution is 5.86. The van der Waals surface area contributed by atoms with Crippen molar-refractivity contribution in [3.05, 3.63) is 30.1 Å². The number of nitrogens with zero attached hydrogens (tertiary/aromatic N) is 1. The molecule has 0 spiro atoms. The van der Waals surface area contributed by atoms with Crippen LogP contribution in [0.25, 0.3) is 0 Å². The standard InChI is InChI=1S/C6H5NO2.C3H7NO3/c8-6(9)5-2-1-3-7-4-5;4-2(1-5)3(6)7/h1-4H,(H,8,9);2,5H,1,4H2,(H,6,7). The Hall–Kier alpha value is -1.99. The smallest absolute Gasteiger partial charge is 0.337 e. The van der Waals surface area contributed by atoms with Crippen molar-refractivity contribution in [2.24, 2.45) is 5.73 Å². The van der Waals surface area contributed by atoms with E-state index in [2.05, 4.69) is 4.98 Å². The number of carboxylic acids is 2. The maximum absolute atomic E-state index is 10.2. The van der Waals surface area contributed by atoms with Crippen molar-refractivity contribution in [3.63, 3.8) is 0 Å². The molecule has 0 radical (unpaired) electrons. The van der Waals surface area contributed by atoms with Gasteiger partial charge >= 0.3 is 11.9 Å². The lowest BCUT2D eigenvalue weighted by molar-refractivity contribution is -0.139. The summed E-state index contributed by atoms with van der Waals surface area (Å²) in [7, 11) is 0. The van der Waals surface area contributed by atoms with Crippen LogP contribution >= 0.6 is 0 Å². The normalized spacial score (nSPS) is 10.9. The molecule has 1 atom stereocenters. The van der Waals surface area contributed by atoms with Gasteiger partial charge in [0.1, 0.15) is 6.04 Å². The molecule has 0 aromatic carbocycles. The van der Waals surface area contributed by atoms with E-state index >= 15 is 0 Å². The molecular weight excluding hydrogens is 216 g/mol. The monoisotopic (exact) mass is 228 g/mol. The second-order valence-corrected chi connectivity index (χ2v) is 2.67. The van der Waals surface area contributed by atoms with Gasteiger partial charge in [-0.05, 0) is 12.1 Å². The number of aliphatic hydroxyl groups is 1. The van der Waals surface area contributed by atoms with Gasteiger partial charge in [-0.15, -0.1) is 0 Å². The van der Waals surface area contributed by atoms with E-state index in [0.29, 0.717) is 0 Å². The Labute approximate surface area is 91.2 Å². The lowest BCUT2D eigenvalue weighted by Gasteiger charge is -1.96. The first-order chi connectivity index (χ1) is 7.49. The summed E-state index contributed by atoms with van der Waals surface area (Å²) < 4.78 is 0. The Morgan fingerprint density at radius 2 is 2.06 bits per heavy atom. The molecule has 1 unspecified atom stereocenters. The summed E-state index contributed by atoms with van der Waals surface area (Å²) in [6, 6.07) is 1.96. The van der Waals surface area contributed by atoms with Crippen LogP contribution in [-0.2, 0) is 4.79 Å². The van der Waals surface area contributed by atoms with Crippen molar-refractivity contribution in [2.75, 3.05) is 6.61 Å². The average Bonchev–Trinajstić information content (AvgIpc) is 2.29. The lowest BCUT2D eigenvalue weighted by atomic mass is 10.3. The van der Waals surface area contributed by atoms with Crippen LogP contribution in [0.5, 0.6) is 0 Å². The van der Waals surface area contributed by atoms with Crippen LogP contribution in [0.15, 0.2) is 24.5 Å². The number of pyridine rings is 1. The fourth-order valence-electron chi connectivity index (χ4n) is 0.567. The molecule has 0 aliphatic rings. The molecule has 0 saturated carbocycles. The van der Waals surface area contributed by atoms with Gasteiger partial charge in [0.25, 0.3) is 0 Å². The van der Waals surface area contributed by atoms with Gasteiger partial charge in [0.2, 0.25) is 0 Å². The summed E-state index contributed by atoms with van der Waals surface area (Å²) in [5, 5.41) is 24.2. The second kappa shape index (κ2) is 7.32. The van der Waals surface area contributed by atoms with Crippen molar-refractivity contribution in [2.45, 2.75) is 6.04 Å². The quantitative estimate of drug-likeness (QED) is 0.530. The molecule has 0 bridgehead atoms. The highest BCUT2D eigenvalue weighted by Gasteiger charge is 2.07. The van der Waals surface area contributed by atoms with Crippen LogP contribution in [0.1, 0.15) is 10.4 Å². The number of aliphatic carboxylic acids is 1. The molecule has 0 aliphatic carbocycles. The van der Waals surface area contributed by atoms with E-state index in [9.17, 15) is 9.59 Å². The van der Waals surface area contributed by atoms with E-state index in [1.807, 2.05) is 0 Å². The van der Waals surface area contributed by atoms with E-state index in [1.54, 1.807) is 6.07 Å². The maximum Gasteiger partial charge on any atom is 0.337 e. The fourth-order valence-corrected chi connectivity index (χ4v) is 0.567. The van der Waals surface area contributed by atoms with Crippen molar-refractivity contribution >= 4 is 11.9 Å². The maximum atomic E-state index is 10.2. The Morgan fingerprint density at radius 1 is 1.44 bits per heavy atom. The third-order valence-corrected chi connectivity index (χ3v) is 1.42. The Kier molecular flexibility index (Phi) is 6.41. The van der Waals surface area contributed by atoms with Crippen LogP contribution in [0.4, 0.5) is 0 Å². The topological polar surface area (TPSA) is 134 Å². The molecule has 0 aliphatic heterocycles. The van der Waals surface area contributed by atoms with Gasteiger partial charge in [-0.3, -0.25) is 9.78 Å². The number of aromatic nitrogens is 1. The molecule has 1 aromatic rings. The van der Waals surface area contributed by atoms with Gasteiger partial charge in [0.05, 0.1) is 12.2 Å². The van der Waals surface area contributed by atoms with Crippen LogP contribution in [-0.4, -0.2) is 44.9 Å². The molecule has 88 valence electrons. The first-order valence-electron chi connectivity index (χ1n) is 4.21. The molecule has 0 fully saturated rings. The summed E-state index contributed by atoms with van der Waals surface area (Å²) in [6.07, 6.45) is 2.84. The number of nitrogens with two attached hydrogens (primary N) is 1. The summed E-state index contributed by atoms with van der Waals surface area (Å²) in [5.74, 6) is -2.12. The highest BCUT2D eigenvalue weighted by Crippen LogP contribution is 1.92. The third kappa shape index (κ3) is 5.68. The number of carbonyl (C=O) groups is 2. The zero-order chi connectivity index (χ0) is 12.6. The number of carboxylic acid groups (broad SMARTS) is 2. The zero-order valence-corrected chi connectivity index (χ0v) is 8.28. The number of aliphatic hydroxyl groups excluding tert-OH is 1. The largest absolute Gasteiger partial charge is 0.480 e. The Balaban J connectivity index is 0.000000293. The Bertz CT molecular complexity index is 341. The van der Waals surface area contributed by atoms with E-state index in [1.165, 1.54) is 18.5 Å². The molecule has 1 heterocycles.